The van der Waals surface area contributed by atoms with Gasteiger partial charge in [-0.15, -0.1) is 0 Å². The van der Waals surface area contributed by atoms with Crippen LogP contribution in [-0.2, 0) is 9.53 Å². The highest BCUT2D eigenvalue weighted by Gasteiger charge is 2.03. The number of allylic oxidation sites excluding steroid dienone is 1. The van der Waals surface area contributed by atoms with Crippen molar-refractivity contribution in [1.82, 2.24) is 0 Å². The second-order valence-corrected chi connectivity index (χ2v) is 3.13. The fraction of sp³-hybridized carbons (Fsp3) is 0.700. The Kier molecular flexibility index (Phi) is 4.69. The van der Waals surface area contributed by atoms with Crippen LogP contribution in [0.3, 0.4) is 0 Å². The first-order valence-electron chi connectivity index (χ1n) is 4.63. The van der Waals surface area contributed by atoms with Gasteiger partial charge in [-0.2, -0.15) is 0 Å². The van der Waals surface area contributed by atoms with Crippen molar-refractivity contribution in [3.05, 3.63) is 11.6 Å². The highest BCUT2D eigenvalue weighted by Crippen LogP contribution is 2.22. The van der Waals surface area contributed by atoms with Crippen molar-refractivity contribution in [1.29, 1.82) is 0 Å². The molecule has 1 aliphatic carbocycles. The highest BCUT2D eigenvalue weighted by atomic mass is 16.5. The predicted molar refractivity (Wildman–Crippen MR) is 48.1 cm³/mol. The molecule has 0 saturated heterocycles. The van der Waals surface area contributed by atoms with Gasteiger partial charge in [0.15, 0.2) is 0 Å². The van der Waals surface area contributed by atoms with Gasteiger partial charge in [0.1, 0.15) is 12.9 Å². The third-order valence-corrected chi connectivity index (χ3v) is 2.17. The van der Waals surface area contributed by atoms with Crippen molar-refractivity contribution < 1.29 is 9.53 Å². The van der Waals surface area contributed by atoms with E-state index < -0.39 is 0 Å². The number of carbonyl (C=O) groups excluding carboxylic acids is 1. The normalized spacial score (nSPS) is 17.5. The van der Waals surface area contributed by atoms with E-state index >= 15 is 0 Å². The van der Waals surface area contributed by atoms with Gasteiger partial charge in [-0.1, -0.05) is 18.1 Å². The molecule has 0 aliphatic heterocycles. The van der Waals surface area contributed by atoms with Crippen LogP contribution in [0.15, 0.2) is 11.6 Å². The monoisotopic (exact) mass is 168 g/mol. The fourth-order valence-corrected chi connectivity index (χ4v) is 1.50. The Balaban J connectivity index is 2.11. The van der Waals surface area contributed by atoms with Gasteiger partial charge in [0.2, 0.25) is 0 Å². The predicted octanol–water partition coefficient (Wildman–Crippen LogP) is 2.09. The van der Waals surface area contributed by atoms with Crippen LogP contribution in [0.25, 0.3) is 0 Å². The molecule has 0 aromatic heterocycles. The molecule has 0 aromatic rings. The molecule has 2 heteroatoms. The summed E-state index contributed by atoms with van der Waals surface area (Å²) in [6, 6.07) is 0. The molecule has 0 radical (unpaired) electrons. The van der Waals surface area contributed by atoms with Gasteiger partial charge in [-0.05, 0) is 25.7 Å². The Hall–Kier alpha value is -0.630. The summed E-state index contributed by atoms with van der Waals surface area (Å²) >= 11 is 0. The molecule has 0 atom stereocenters. The Labute approximate surface area is 73.6 Å². The molecule has 1 rings (SSSR count). The van der Waals surface area contributed by atoms with Crippen molar-refractivity contribution in [3.63, 3.8) is 0 Å². The largest absolute Gasteiger partial charge is 0.370 e. The molecule has 0 unspecified atom stereocenters. The minimum Gasteiger partial charge on any atom is -0.370 e. The van der Waals surface area contributed by atoms with Crippen LogP contribution in [0, 0.1) is 0 Å². The van der Waals surface area contributed by atoms with E-state index in [1.165, 1.54) is 37.7 Å². The van der Waals surface area contributed by atoms with Crippen molar-refractivity contribution in [2.75, 3.05) is 13.2 Å². The number of aldehydes is 1. The minimum atomic E-state index is 0.226. The molecule has 0 aromatic carbocycles. The third kappa shape index (κ3) is 3.67. The second-order valence-electron chi connectivity index (χ2n) is 3.13. The van der Waals surface area contributed by atoms with Crippen LogP contribution in [0.1, 0.15) is 32.1 Å². The lowest BCUT2D eigenvalue weighted by Gasteiger charge is -2.12. The zero-order chi connectivity index (χ0) is 8.65. The average molecular weight is 168 g/mol. The number of carbonyl (C=O) groups is 1. The lowest BCUT2D eigenvalue weighted by molar-refractivity contribution is -0.111. The summed E-state index contributed by atoms with van der Waals surface area (Å²) in [5.41, 5.74) is 1.51. The summed E-state index contributed by atoms with van der Waals surface area (Å²) in [7, 11) is 0. The lowest BCUT2D eigenvalue weighted by Crippen LogP contribution is -1.98. The maximum atomic E-state index is 9.91. The first-order chi connectivity index (χ1) is 5.93. The Morgan fingerprint density at radius 3 is 2.58 bits per heavy atom. The second kappa shape index (κ2) is 5.95. The van der Waals surface area contributed by atoms with Crippen LogP contribution >= 0.6 is 0 Å². The summed E-state index contributed by atoms with van der Waals surface area (Å²) < 4.78 is 5.04. The van der Waals surface area contributed by atoms with E-state index in [4.69, 9.17) is 4.74 Å². The molecule has 0 heterocycles. The lowest BCUT2D eigenvalue weighted by atomic mass is 9.95. The van der Waals surface area contributed by atoms with E-state index in [1.807, 2.05) is 0 Å². The summed E-state index contributed by atoms with van der Waals surface area (Å²) in [5.74, 6) is 0. The number of hydrogen-bond donors (Lipinski definition) is 0. The van der Waals surface area contributed by atoms with Gasteiger partial charge in [0.25, 0.3) is 0 Å². The van der Waals surface area contributed by atoms with E-state index in [0.29, 0.717) is 6.61 Å². The zero-order valence-corrected chi connectivity index (χ0v) is 7.42. The van der Waals surface area contributed by atoms with Crippen molar-refractivity contribution in [2.24, 2.45) is 0 Å². The molecule has 0 bridgehead atoms. The van der Waals surface area contributed by atoms with E-state index in [2.05, 4.69) is 6.08 Å². The van der Waals surface area contributed by atoms with Crippen LogP contribution in [0.5, 0.6) is 0 Å². The van der Waals surface area contributed by atoms with Crippen LogP contribution in [0.2, 0.25) is 0 Å². The van der Waals surface area contributed by atoms with Crippen LogP contribution in [-0.4, -0.2) is 19.5 Å². The summed E-state index contributed by atoms with van der Waals surface area (Å²) in [6.07, 6.45) is 9.38. The SMILES string of the molecule is O=CCOCC=C1CCCCC1. The molecule has 0 spiro atoms. The highest BCUT2D eigenvalue weighted by molar-refractivity contribution is 5.50. The Morgan fingerprint density at radius 2 is 1.92 bits per heavy atom. The number of hydrogen-bond acceptors (Lipinski definition) is 2. The molecule has 12 heavy (non-hydrogen) atoms. The van der Waals surface area contributed by atoms with Gasteiger partial charge in [0.05, 0.1) is 6.61 Å². The van der Waals surface area contributed by atoms with E-state index in [0.717, 1.165) is 6.29 Å². The molecule has 0 N–H and O–H groups in total. The third-order valence-electron chi connectivity index (χ3n) is 2.17. The van der Waals surface area contributed by atoms with Crippen molar-refractivity contribution >= 4 is 6.29 Å². The van der Waals surface area contributed by atoms with Crippen LogP contribution in [0.4, 0.5) is 0 Å². The maximum Gasteiger partial charge on any atom is 0.145 e. The van der Waals surface area contributed by atoms with Crippen LogP contribution < -0.4 is 0 Å². The quantitative estimate of drug-likeness (QED) is 0.365. The van der Waals surface area contributed by atoms with Gasteiger partial charge >= 0.3 is 0 Å². The smallest absolute Gasteiger partial charge is 0.145 e. The maximum absolute atomic E-state index is 9.91. The summed E-state index contributed by atoms with van der Waals surface area (Å²) in [6.45, 7) is 0.831. The molecule has 68 valence electrons. The fourth-order valence-electron chi connectivity index (χ4n) is 1.50. The minimum absolute atomic E-state index is 0.226. The van der Waals surface area contributed by atoms with Crippen molar-refractivity contribution in [2.45, 2.75) is 32.1 Å². The van der Waals surface area contributed by atoms with Gasteiger partial charge in [0, 0.05) is 0 Å². The molecule has 1 aliphatic rings. The number of rotatable bonds is 4. The molecule has 1 saturated carbocycles. The summed E-state index contributed by atoms with van der Waals surface area (Å²) in [4.78, 5) is 9.91. The molecule has 2 nitrogen and oxygen atoms in total. The van der Waals surface area contributed by atoms with Crippen molar-refractivity contribution in [3.8, 4) is 0 Å². The van der Waals surface area contributed by atoms with E-state index in [1.54, 1.807) is 0 Å². The van der Waals surface area contributed by atoms with Gasteiger partial charge in [-0.25, -0.2) is 0 Å². The standard InChI is InChI=1S/C10H16O2/c11-7-9-12-8-6-10-4-2-1-3-5-10/h6-7H,1-5,8-9H2. The topological polar surface area (TPSA) is 26.3 Å². The Morgan fingerprint density at radius 1 is 1.17 bits per heavy atom. The zero-order valence-electron chi connectivity index (χ0n) is 7.42. The van der Waals surface area contributed by atoms with E-state index in [-0.39, 0.29) is 6.61 Å². The molecular formula is C10H16O2. The summed E-state index contributed by atoms with van der Waals surface area (Å²) in [5, 5.41) is 0. The Bertz CT molecular complexity index is 153. The molecular weight excluding hydrogens is 152 g/mol. The first kappa shape index (κ1) is 9.46. The van der Waals surface area contributed by atoms with Gasteiger partial charge in [-0.3, -0.25) is 0 Å². The molecule has 1 fully saturated rings. The first-order valence-corrected chi connectivity index (χ1v) is 4.63. The van der Waals surface area contributed by atoms with E-state index in [9.17, 15) is 4.79 Å². The van der Waals surface area contributed by atoms with Gasteiger partial charge < -0.3 is 9.53 Å². The number of ether oxygens (including phenoxy) is 1. The average Bonchev–Trinajstić information content (AvgIpc) is 2.14. The molecule has 0 amide bonds.